The Balaban J connectivity index is 0.000000336. The van der Waals surface area contributed by atoms with Crippen molar-refractivity contribution in [3.05, 3.63) is 30.2 Å². The minimum absolute atomic E-state index is 0.894. The summed E-state index contributed by atoms with van der Waals surface area (Å²) in [6, 6.07) is 1.87. The van der Waals surface area contributed by atoms with Gasteiger partial charge in [0.05, 0.1) is 6.20 Å². The molecule has 2 heterocycles. The molecule has 0 aliphatic heterocycles. The van der Waals surface area contributed by atoms with E-state index in [-0.39, 0.29) is 0 Å². The first-order chi connectivity index (χ1) is 5.86. The molecule has 12 heavy (non-hydrogen) atoms. The summed E-state index contributed by atoms with van der Waals surface area (Å²) in [4.78, 5) is 4.14. The van der Waals surface area contributed by atoms with Crippen LogP contribution < -0.4 is 0 Å². The maximum atomic E-state index is 4.14. The molecule has 3 nitrogen and oxygen atoms in total. The van der Waals surface area contributed by atoms with E-state index in [4.69, 9.17) is 0 Å². The molecule has 0 aliphatic rings. The highest BCUT2D eigenvalue weighted by Gasteiger charge is 1.91. The molecule has 0 unspecified atom stereocenters. The van der Waals surface area contributed by atoms with Crippen molar-refractivity contribution in [2.45, 2.75) is 20.8 Å². The van der Waals surface area contributed by atoms with E-state index in [2.05, 4.69) is 10.1 Å². The average molecular weight is 163 g/mol. The molecule has 0 N–H and O–H groups in total. The minimum atomic E-state index is 0.894. The number of hydrogen-bond acceptors (Lipinski definition) is 2. The van der Waals surface area contributed by atoms with E-state index >= 15 is 0 Å². The summed E-state index contributed by atoms with van der Waals surface area (Å²) < 4.78 is 1.76. The molecule has 0 bridgehead atoms. The molecule has 0 saturated carbocycles. The van der Waals surface area contributed by atoms with E-state index in [1.807, 2.05) is 39.2 Å². The van der Waals surface area contributed by atoms with Gasteiger partial charge in [-0.15, -0.1) is 0 Å². The molecular weight excluding hydrogens is 150 g/mol. The number of fused-ring (bicyclic) bond motifs is 1. The first kappa shape index (κ1) is 8.71. The number of aromatic nitrogens is 3. The van der Waals surface area contributed by atoms with Gasteiger partial charge < -0.3 is 0 Å². The van der Waals surface area contributed by atoms with E-state index in [0.29, 0.717) is 0 Å². The molecule has 0 amide bonds. The van der Waals surface area contributed by atoms with E-state index in [1.54, 1.807) is 10.7 Å². The van der Waals surface area contributed by atoms with Gasteiger partial charge in [-0.3, -0.25) is 0 Å². The van der Waals surface area contributed by atoms with Crippen LogP contribution in [0.15, 0.2) is 24.7 Å². The Kier molecular flexibility index (Phi) is 2.80. The zero-order valence-corrected chi connectivity index (χ0v) is 7.65. The average Bonchev–Trinajstić information content (AvgIpc) is 2.54. The molecule has 0 saturated heterocycles. The number of aryl methyl sites for hydroxylation is 1. The maximum Gasteiger partial charge on any atom is 0.154 e. The van der Waals surface area contributed by atoms with Crippen LogP contribution in [0.5, 0.6) is 0 Å². The summed E-state index contributed by atoms with van der Waals surface area (Å²) in [5.41, 5.74) is 2.02. The third-order valence-electron chi connectivity index (χ3n) is 1.38. The van der Waals surface area contributed by atoms with Crippen LogP contribution in [0.1, 0.15) is 19.4 Å². The summed E-state index contributed by atoms with van der Waals surface area (Å²) >= 11 is 0. The quantitative estimate of drug-likeness (QED) is 0.595. The molecule has 2 aromatic heterocycles. The van der Waals surface area contributed by atoms with Gasteiger partial charge in [0.2, 0.25) is 0 Å². The Bertz CT molecular complexity index is 351. The van der Waals surface area contributed by atoms with Crippen molar-refractivity contribution in [2.24, 2.45) is 0 Å². The Morgan fingerprint density at radius 2 is 2.08 bits per heavy atom. The Morgan fingerprint density at radius 1 is 1.33 bits per heavy atom. The van der Waals surface area contributed by atoms with Gasteiger partial charge in [-0.1, -0.05) is 13.8 Å². The molecule has 64 valence electrons. The van der Waals surface area contributed by atoms with Gasteiger partial charge in [0, 0.05) is 18.5 Å². The smallest absolute Gasteiger partial charge is 0.154 e. The second-order valence-electron chi connectivity index (χ2n) is 2.27. The Hall–Kier alpha value is -1.38. The standard InChI is InChI=1S/C7H7N3.C2H6/c1-6-4-8-7-2-3-9-10(7)5-6;1-2/h2-5H,1H3;1-2H3. The third-order valence-corrected chi connectivity index (χ3v) is 1.38. The fourth-order valence-corrected chi connectivity index (χ4v) is 0.903. The van der Waals surface area contributed by atoms with Crippen LogP contribution in [0, 0.1) is 6.92 Å². The predicted octanol–water partition coefficient (Wildman–Crippen LogP) is 2.06. The fraction of sp³-hybridized carbons (Fsp3) is 0.333. The van der Waals surface area contributed by atoms with Crippen molar-refractivity contribution in [3.8, 4) is 0 Å². The molecule has 2 rings (SSSR count). The van der Waals surface area contributed by atoms with Crippen LogP contribution in [0.2, 0.25) is 0 Å². The summed E-state index contributed by atoms with van der Waals surface area (Å²) in [5.74, 6) is 0. The van der Waals surface area contributed by atoms with Crippen molar-refractivity contribution < 1.29 is 0 Å². The number of rotatable bonds is 0. The van der Waals surface area contributed by atoms with Crippen LogP contribution in [0.3, 0.4) is 0 Å². The first-order valence-electron chi connectivity index (χ1n) is 4.12. The fourth-order valence-electron chi connectivity index (χ4n) is 0.903. The zero-order valence-electron chi connectivity index (χ0n) is 7.65. The Labute approximate surface area is 72.1 Å². The Morgan fingerprint density at radius 3 is 2.83 bits per heavy atom. The van der Waals surface area contributed by atoms with Gasteiger partial charge in [-0.05, 0) is 12.5 Å². The SMILES string of the molecule is CC.Cc1cnc2ccnn2c1. The van der Waals surface area contributed by atoms with Crippen LogP contribution in [0.25, 0.3) is 5.65 Å². The lowest BCUT2D eigenvalue weighted by atomic mass is 10.4. The summed E-state index contributed by atoms with van der Waals surface area (Å²) in [5, 5.41) is 4.03. The van der Waals surface area contributed by atoms with Gasteiger partial charge >= 0.3 is 0 Å². The molecule has 3 heteroatoms. The van der Waals surface area contributed by atoms with Gasteiger partial charge in [-0.2, -0.15) is 5.10 Å². The predicted molar refractivity (Wildman–Crippen MR) is 49.1 cm³/mol. The maximum absolute atomic E-state index is 4.14. The molecule has 0 fully saturated rings. The van der Waals surface area contributed by atoms with E-state index < -0.39 is 0 Å². The van der Waals surface area contributed by atoms with E-state index in [0.717, 1.165) is 11.2 Å². The number of hydrogen-bond donors (Lipinski definition) is 0. The highest BCUT2D eigenvalue weighted by Crippen LogP contribution is 1.98. The summed E-state index contributed by atoms with van der Waals surface area (Å²) in [7, 11) is 0. The van der Waals surface area contributed by atoms with Crippen molar-refractivity contribution >= 4 is 5.65 Å². The molecular formula is C9H13N3. The highest BCUT2D eigenvalue weighted by molar-refractivity contribution is 5.35. The normalized spacial score (nSPS) is 9.25. The van der Waals surface area contributed by atoms with Gasteiger partial charge in [-0.25, -0.2) is 9.50 Å². The second kappa shape index (κ2) is 3.85. The molecule has 2 aromatic rings. The van der Waals surface area contributed by atoms with Crippen LogP contribution >= 0.6 is 0 Å². The minimum Gasteiger partial charge on any atom is -0.237 e. The van der Waals surface area contributed by atoms with Gasteiger partial charge in [0.15, 0.2) is 5.65 Å². The molecule has 0 spiro atoms. The third kappa shape index (κ3) is 1.61. The van der Waals surface area contributed by atoms with Gasteiger partial charge in [0.1, 0.15) is 0 Å². The molecule has 0 radical (unpaired) electrons. The molecule has 0 aromatic carbocycles. The van der Waals surface area contributed by atoms with Crippen molar-refractivity contribution in [1.29, 1.82) is 0 Å². The zero-order chi connectivity index (χ0) is 8.97. The van der Waals surface area contributed by atoms with E-state index in [9.17, 15) is 0 Å². The van der Waals surface area contributed by atoms with Crippen molar-refractivity contribution in [2.75, 3.05) is 0 Å². The topological polar surface area (TPSA) is 30.2 Å². The van der Waals surface area contributed by atoms with Gasteiger partial charge in [0.25, 0.3) is 0 Å². The van der Waals surface area contributed by atoms with Crippen LogP contribution in [-0.4, -0.2) is 14.6 Å². The highest BCUT2D eigenvalue weighted by atomic mass is 15.2. The monoisotopic (exact) mass is 163 g/mol. The summed E-state index contributed by atoms with van der Waals surface area (Å²) in [6.07, 6.45) is 5.52. The molecule has 0 aliphatic carbocycles. The lowest BCUT2D eigenvalue weighted by Gasteiger charge is -1.91. The lowest BCUT2D eigenvalue weighted by molar-refractivity contribution is 0.928. The van der Waals surface area contributed by atoms with E-state index in [1.165, 1.54) is 0 Å². The number of nitrogens with zero attached hydrogens (tertiary/aromatic N) is 3. The van der Waals surface area contributed by atoms with Crippen molar-refractivity contribution in [1.82, 2.24) is 14.6 Å². The van der Waals surface area contributed by atoms with Crippen molar-refractivity contribution in [3.63, 3.8) is 0 Å². The second-order valence-corrected chi connectivity index (χ2v) is 2.27. The van der Waals surface area contributed by atoms with Crippen LogP contribution in [-0.2, 0) is 0 Å². The summed E-state index contributed by atoms with van der Waals surface area (Å²) in [6.45, 7) is 5.99. The largest absolute Gasteiger partial charge is 0.237 e. The van der Waals surface area contributed by atoms with Crippen LogP contribution in [0.4, 0.5) is 0 Å². The molecule has 0 atom stereocenters. The first-order valence-corrected chi connectivity index (χ1v) is 4.12. The lowest BCUT2D eigenvalue weighted by Crippen LogP contribution is -1.89.